The largest absolute Gasteiger partial charge is 0.496 e. The average Bonchev–Trinajstić information content (AvgIpc) is 2.99. The van der Waals surface area contributed by atoms with E-state index in [0.717, 1.165) is 16.3 Å². The quantitative estimate of drug-likeness (QED) is 0.356. The van der Waals surface area contributed by atoms with Crippen molar-refractivity contribution in [1.82, 2.24) is 4.57 Å². The molecular weight excluding hydrogens is 378 g/mol. The number of carbonyl (C=O) groups is 2. The fourth-order valence-corrected chi connectivity index (χ4v) is 3.74. The lowest BCUT2D eigenvalue weighted by Gasteiger charge is -2.17. The molecule has 0 aliphatic rings. The van der Waals surface area contributed by atoms with Crippen molar-refractivity contribution in [1.29, 1.82) is 0 Å². The molecule has 1 aromatic carbocycles. The lowest BCUT2D eigenvalue weighted by atomic mass is 10.1. The van der Waals surface area contributed by atoms with E-state index >= 15 is 0 Å². The minimum absolute atomic E-state index is 0.105. The molecule has 0 N–H and O–H groups in total. The molecule has 0 unspecified atom stereocenters. The topological polar surface area (TPSA) is 66.8 Å². The maximum atomic E-state index is 12.6. The molecule has 0 amide bonds. The Morgan fingerprint density at radius 1 is 1.14 bits per heavy atom. The normalized spacial score (nSPS) is 11.9. The number of esters is 1. The molecule has 1 aromatic heterocycles. The van der Waals surface area contributed by atoms with Gasteiger partial charge in [-0.25, -0.2) is 4.79 Å². The van der Waals surface area contributed by atoms with Gasteiger partial charge in [-0.2, -0.15) is 0 Å². The third kappa shape index (κ3) is 4.77. The van der Waals surface area contributed by atoms with E-state index in [1.54, 1.807) is 31.0 Å². The number of ketones is 1. The molecular formula is C21H27NO5S. The molecule has 0 spiro atoms. The van der Waals surface area contributed by atoms with E-state index in [-0.39, 0.29) is 18.4 Å². The van der Waals surface area contributed by atoms with Gasteiger partial charge < -0.3 is 18.8 Å². The number of aryl methyl sites for hydroxylation is 1. The van der Waals surface area contributed by atoms with Gasteiger partial charge in [-0.1, -0.05) is 0 Å². The number of methoxy groups -OCH3 is 2. The number of Topliss-reactive ketones (excluding diaryl/α,β-unsaturated/α-hetero) is 1. The summed E-state index contributed by atoms with van der Waals surface area (Å²) in [7, 11) is 3.15. The smallest absolute Gasteiger partial charge is 0.342 e. The Morgan fingerprint density at radius 3 is 2.46 bits per heavy atom. The van der Waals surface area contributed by atoms with Crippen LogP contribution in [0.2, 0.25) is 0 Å². The molecule has 1 heterocycles. The van der Waals surface area contributed by atoms with Crippen molar-refractivity contribution in [2.45, 2.75) is 31.7 Å². The van der Waals surface area contributed by atoms with Gasteiger partial charge >= 0.3 is 5.97 Å². The highest BCUT2D eigenvalue weighted by Gasteiger charge is 2.21. The number of ether oxygens (including phenoxy) is 3. The van der Waals surface area contributed by atoms with Gasteiger partial charge in [0.05, 0.1) is 19.8 Å². The van der Waals surface area contributed by atoms with Crippen LogP contribution < -0.4 is 4.74 Å². The highest BCUT2D eigenvalue weighted by atomic mass is 32.2. The summed E-state index contributed by atoms with van der Waals surface area (Å²) in [6.45, 7) is 6.08. The van der Waals surface area contributed by atoms with Gasteiger partial charge in [-0.05, 0) is 51.3 Å². The number of rotatable bonds is 9. The second-order valence-corrected chi connectivity index (χ2v) is 7.40. The Morgan fingerprint density at radius 2 is 1.86 bits per heavy atom. The maximum absolute atomic E-state index is 12.6. The summed E-state index contributed by atoms with van der Waals surface area (Å²) in [6.07, 6.45) is 1.94. The van der Waals surface area contributed by atoms with Gasteiger partial charge in [0.15, 0.2) is 6.61 Å². The molecule has 0 saturated carbocycles. The third-order valence-electron chi connectivity index (χ3n) is 4.60. The van der Waals surface area contributed by atoms with Gasteiger partial charge in [0.2, 0.25) is 5.78 Å². The van der Waals surface area contributed by atoms with Crippen LogP contribution in [-0.2, 0) is 9.47 Å². The first kappa shape index (κ1) is 22.0. The van der Waals surface area contributed by atoms with Crippen LogP contribution in [0.15, 0.2) is 29.2 Å². The zero-order valence-corrected chi connectivity index (χ0v) is 18.0. The number of aromatic nitrogens is 1. The molecule has 0 aliphatic carbocycles. The van der Waals surface area contributed by atoms with E-state index in [9.17, 15) is 9.59 Å². The summed E-state index contributed by atoms with van der Waals surface area (Å²) in [5.41, 5.74) is 2.65. The first-order valence-corrected chi connectivity index (χ1v) is 10.2. The fourth-order valence-electron chi connectivity index (χ4n) is 3.31. The van der Waals surface area contributed by atoms with E-state index < -0.39 is 5.97 Å². The van der Waals surface area contributed by atoms with Crippen molar-refractivity contribution < 1.29 is 23.8 Å². The van der Waals surface area contributed by atoms with E-state index in [1.165, 1.54) is 7.11 Å². The van der Waals surface area contributed by atoms with Gasteiger partial charge in [-0.3, -0.25) is 4.79 Å². The Balaban J connectivity index is 2.12. The van der Waals surface area contributed by atoms with Crippen molar-refractivity contribution >= 4 is 23.5 Å². The van der Waals surface area contributed by atoms with Crippen LogP contribution in [0, 0.1) is 13.8 Å². The molecule has 7 heteroatoms. The average molecular weight is 406 g/mol. The first-order chi connectivity index (χ1) is 13.3. The van der Waals surface area contributed by atoms with Crippen LogP contribution in [0.25, 0.3) is 0 Å². The molecule has 0 saturated heterocycles. The lowest BCUT2D eigenvalue weighted by molar-refractivity contribution is 0.0471. The molecule has 0 bridgehead atoms. The van der Waals surface area contributed by atoms with Crippen LogP contribution in [-0.4, -0.2) is 50.0 Å². The van der Waals surface area contributed by atoms with Gasteiger partial charge in [-0.15, -0.1) is 11.8 Å². The predicted octanol–water partition coefficient (Wildman–Crippen LogP) is 4.08. The molecule has 0 fully saturated rings. The summed E-state index contributed by atoms with van der Waals surface area (Å²) < 4.78 is 17.8. The van der Waals surface area contributed by atoms with Crippen molar-refractivity contribution in [2.24, 2.45) is 0 Å². The summed E-state index contributed by atoms with van der Waals surface area (Å²) in [6, 6.07) is 7.17. The van der Waals surface area contributed by atoms with Crippen molar-refractivity contribution in [3.8, 4) is 5.75 Å². The maximum Gasteiger partial charge on any atom is 0.342 e. The Hall–Kier alpha value is -2.25. The number of carbonyl (C=O) groups excluding carboxylic acids is 2. The van der Waals surface area contributed by atoms with Crippen molar-refractivity contribution in [3.05, 3.63) is 46.8 Å². The SMILES string of the molecule is COC[C@H](C)n1c(C)cc(C(=O)COC(=O)c2ccc(SC)cc2OC)c1C. The molecule has 28 heavy (non-hydrogen) atoms. The molecule has 2 aromatic rings. The highest BCUT2D eigenvalue weighted by Crippen LogP contribution is 2.26. The van der Waals surface area contributed by atoms with E-state index in [4.69, 9.17) is 14.2 Å². The second kappa shape index (κ2) is 9.80. The van der Waals surface area contributed by atoms with E-state index in [1.807, 2.05) is 39.2 Å². The predicted molar refractivity (Wildman–Crippen MR) is 110 cm³/mol. The van der Waals surface area contributed by atoms with E-state index in [2.05, 4.69) is 4.57 Å². The number of benzene rings is 1. The highest BCUT2D eigenvalue weighted by molar-refractivity contribution is 7.98. The summed E-state index contributed by atoms with van der Waals surface area (Å²) in [5.74, 6) is -0.396. The molecule has 2 rings (SSSR count). The zero-order chi connectivity index (χ0) is 20.8. The summed E-state index contributed by atoms with van der Waals surface area (Å²) in [4.78, 5) is 26.0. The van der Waals surface area contributed by atoms with E-state index in [0.29, 0.717) is 23.5 Å². The van der Waals surface area contributed by atoms with Crippen LogP contribution in [0.1, 0.15) is 45.1 Å². The fraction of sp³-hybridized carbons (Fsp3) is 0.429. The minimum Gasteiger partial charge on any atom is -0.496 e. The lowest BCUT2D eigenvalue weighted by Crippen LogP contribution is -2.17. The standard InChI is InChI=1S/C21H27NO5S/c1-13-9-18(15(3)22(13)14(2)11-25-4)19(23)12-27-21(24)17-8-7-16(28-6)10-20(17)26-5/h7-10,14H,11-12H2,1-6H3/t14-/m0/s1. The Bertz CT molecular complexity index is 859. The summed E-state index contributed by atoms with van der Waals surface area (Å²) >= 11 is 1.55. The molecule has 0 aliphatic heterocycles. The molecule has 1 atom stereocenters. The minimum atomic E-state index is -0.584. The third-order valence-corrected chi connectivity index (χ3v) is 5.32. The van der Waals surface area contributed by atoms with Crippen LogP contribution in [0.3, 0.4) is 0 Å². The molecule has 6 nitrogen and oxygen atoms in total. The van der Waals surface area contributed by atoms with Gasteiger partial charge in [0, 0.05) is 29.0 Å². The van der Waals surface area contributed by atoms with Crippen LogP contribution in [0.4, 0.5) is 0 Å². The number of nitrogens with zero attached hydrogens (tertiary/aromatic N) is 1. The number of hydrogen-bond acceptors (Lipinski definition) is 6. The van der Waals surface area contributed by atoms with Gasteiger partial charge in [0.1, 0.15) is 11.3 Å². The zero-order valence-electron chi connectivity index (χ0n) is 17.2. The molecule has 152 valence electrons. The second-order valence-electron chi connectivity index (χ2n) is 6.52. The van der Waals surface area contributed by atoms with Crippen LogP contribution in [0.5, 0.6) is 5.75 Å². The number of thioether (sulfide) groups is 1. The Labute approximate surface area is 170 Å². The van der Waals surface area contributed by atoms with Crippen molar-refractivity contribution in [3.63, 3.8) is 0 Å². The van der Waals surface area contributed by atoms with Crippen LogP contribution >= 0.6 is 11.8 Å². The van der Waals surface area contributed by atoms with Gasteiger partial charge in [0.25, 0.3) is 0 Å². The van der Waals surface area contributed by atoms with Crippen molar-refractivity contribution in [2.75, 3.05) is 33.7 Å². The Kier molecular flexibility index (Phi) is 7.71. The number of hydrogen-bond donors (Lipinski definition) is 0. The summed E-state index contributed by atoms with van der Waals surface area (Å²) in [5, 5.41) is 0. The molecule has 0 radical (unpaired) electrons. The monoisotopic (exact) mass is 405 g/mol. The first-order valence-electron chi connectivity index (χ1n) is 8.93.